The van der Waals surface area contributed by atoms with Gasteiger partial charge in [-0.1, -0.05) is 20.8 Å². The smallest absolute Gasteiger partial charge is 0.145 e. The van der Waals surface area contributed by atoms with Gasteiger partial charge in [-0.05, 0) is 18.8 Å². The topological polar surface area (TPSA) is 85.1 Å². The predicted molar refractivity (Wildman–Crippen MR) is 80.6 cm³/mol. The molecule has 0 spiro atoms. The van der Waals surface area contributed by atoms with Crippen molar-refractivity contribution in [1.29, 1.82) is 0 Å². The van der Waals surface area contributed by atoms with E-state index in [0.717, 1.165) is 37.8 Å². The number of nitrogens with two attached hydrogens (primary N) is 1. The van der Waals surface area contributed by atoms with Gasteiger partial charge in [0.15, 0.2) is 0 Å². The van der Waals surface area contributed by atoms with E-state index in [1.807, 2.05) is 6.07 Å². The number of aromatic nitrogens is 2. The van der Waals surface area contributed by atoms with E-state index in [4.69, 9.17) is 10.6 Å². The number of hydrazine groups is 1. The Balaban J connectivity index is 2.06. The molecule has 1 aromatic rings. The van der Waals surface area contributed by atoms with Crippen LogP contribution in [-0.4, -0.2) is 29.7 Å². The normalized spacial score (nSPS) is 19.7. The number of rotatable bonds is 4. The lowest BCUT2D eigenvalue weighted by atomic mass is 9.96. The second-order valence-corrected chi connectivity index (χ2v) is 6.32. The van der Waals surface area contributed by atoms with Gasteiger partial charge in [0.1, 0.15) is 17.5 Å². The van der Waals surface area contributed by atoms with Crippen molar-refractivity contribution < 1.29 is 4.74 Å². The third kappa shape index (κ3) is 4.05. The van der Waals surface area contributed by atoms with Gasteiger partial charge in [0.2, 0.25) is 0 Å². The zero-order valence-electron chi connectivity index (χ0n) is 12.6. The summed E-state index contributed by atoms with van der Waals surface area (Å²) in [7, 11) is 0. The van der Waals surface area contributed by atoms with Gasteiger partial charge < -0.3 is 15.5 Å². The highest BCUT2D eigenvalue weighted by Gasteiger charge is 2.20. The highest BCUT2D eigenvalue weighted by molar-refractivity contribution is 5.47. The number of hydrogen-bond donors (Lipinski definition) is 3. The van der Waals surface area contributed by atoms with Crippen molar-refractivity contribution in [2.45, 2.75) is 39.0 Å². The highest BCUT2D eigenvalue weighted by Crippen LogP contribution is 2.22. The number of hydrogen-bond acceptors (Lipinski definition) is 6. The third-order valence-corrected chi connectivity index (χ3v) is 3.37. The Morgan fingerprint density at radius 2 is 2.10 bits per heavy atom. The molecule has 0 radical (unpaired) electrons. The Labute approximate surface area is 120 Å². The molecular formula is C14H25N5O. The summed E-state index contributed by atoms with van der Waals surface area (Å²) in [6, 6.07) is 1.83. The van der Waals surface area contributed by atoms with Crippen LogP contribution >= 0.6 is 0 Å². The number of anilines is 2. The molecule has 6 nitrogen and oxygen atoms in total. The van der Waals surface area contributed by atoms with Crippen molar-refractivity contribution in [3.63, 3.8) is 0 Å². The maximum atomic E-state index is 5.49. The van der Waals surface area contributed by atoms with E-state index in [9.17, 15) is 0 Å². The molecule has 0 aliphatic carbocycles. The molecule has 6 heteroatoms. The van der Waals surface area contributed by atoms with Gasteiger partial charge in [0.05, 0.1) is 6.61 Å². The monoisotopic (exact) mass is 279 g/mol. The van der Waals surface area contributed by atoms with Crippen molar-refractivity contribution in [3.05, 3.63) is 11.9 Å². The summed E-state index contributed by atoms with van der Waals surface area (Å²) in [5, 5.41) is 3.37. The van der Waals surface area contributed by atoms with Crippen LogP contribution in [0.4, 0.5) is 11.6 Å². The fraction of sp³-hybridized carbons (Fsp3) is 0.714. The molecule has 0 amide bonds. The first kappa shape index (κ1) is 15.0. The number of nitrogen functional groups attached to an aromatic ring is 1. The summed E-state index contributed by atoms with van der Waals surface area (Å²) in [6.07, 6.45) is 2.34. The molecule has 2 rings (SSSR count). The quantitative estimate of drug-likeness (QED) is 0.576. The first-order chi connectivity index (χ1) is 9.49. The van der Waals surface area contributed by atoms with E-state index in [0.29, 0.717) is 11.7 Å². The lowest BCUT2D eigenvalue weighted by molar-refractivity contribution is 0.0595. The largest absolute Gasteiger partial charge is 0.381 e. The number of ether oxygens (including phenoxy) is 1. The average Bonchev–Trinajstić information content (AvgIpc) is 2.45. The van der Waals surface area contributed by atoms with E-state index in [-0.39, 0.29) is 5.41 Å². The molecule has 112 valence electrons. The van der Waals surface area contributed by atoms with Crippen molar-refractivity contribution in [2.75, 3.05) is 30.5 Å². The molecule has 0 aromatic carbocycles. The summed E-state index contributed by atoms with van der Waals surface area (Å²) >= 11 is 0. The molecule has 20 heavy (non-hydrogen) atoms. The van der Waals surface area contributed by atoms with Gasteiger partial charge in [0.25, 0.3) is 0 Å². The highest BCUT2D eigenvalue weighted by atomic mass is 16.5. The van der Waals surface area contributed by atoms with Gasteiger partial charge in [0, 0.05) is 24.6 Å². The first-order valence-corrected chi connectivity index (χ1v) is 7.17. The molecule has 1 fully saturated rings. The van der Waals surface area contributed by atoms with Crippen molar-refractivity contribution in [3.8, 4) is 0 Å². The van der Waals surface area contributed by atoms with Crippen molar-refractivity contribution >= 4 is 11.6 Å². The molecule has 1 unspecified atom stereocenters. The summed E-state index contributed by atoms with van der Waals surface area (Å²) in [5.74, 6) is 8.24. The minimum absolute atomic E-state index is 0.114. The third-order valence-electron chi connectivity index (χ3n) is 3.37. The minimum Gasteiger partial charge on any atom is -0.381 e. The van der Waals surface area contributed by atoms with Crippen LogP contribution < -0.4 is 16.6 Å². The Morgan fingerprint density at radius 3 is 2.70 bits per heavy atom. The lowest BCUT2D eigenvalue weighted by Crippen LogP contribution is -2.25. The van der Waals surface area contributed by atoms with Gasteiger partial charge in [-0.25, -0.2) is 15.8 Å². The van der Waals surface area contributed by atoms with E-state index < -0.39 is 0 Å². The molecule has 0 bridgehead atoms. The van der Waals surface area contributed by atoms with Crippen LogP contribution in [0, 0.1) is 5.92 Å². The van der Waals surface area contributed by atoms with Crippen LogP contribution in [0.15, 0.2) is 6.07 Å². The molecule has 1 atom stereocenters. The zero-order valence-corrected chi connectivity index (χ0v) is 12.6. The molecule has 1 aromatic heterocycles. The fourth-order valence-electron chi connectivity index (χ4n) is 2.16. The van der Waals surface area contributed by atoms with Gasteiger partial charge in [-0.2, -0.15) is 0 Å². The van der Waals surface area contributed by atoms with Crippen LogP contribution in [0.1, 0.15) is 39.4 Å². The van der Waals surface area contributed by atoms with Crippen molar-refractivity contribution in [2.24, 2.45) is 11.8 Å². The summed E-state index contributed by atoms with van der Waals surface area (Å²) in [5.41, 5.74) is 2.49. The van der Waals surface area contributed by atoms with Crippen molar-refractivity contribution in [1.82, 2.24) is 9.97 Å². The Hall–Kier alpha value is -1.40. The minimum atomic E-state index is -0.114. The van der Waals surface area contributed by atoms with Crippen LogP contribution in [0.5, 0.6) is 0 Å². The predicted octanol–water partition coefficient (Wildman–Crippen LogP) is 1.90. The van der Waals surface area contributed by atoms with Gasteiger partial charge in [-0.3, -0.25) is 0 Å². The second-order valence-electron chi connectivity index (χ2n) is 6.32. The first-order valence-electron chi connectivity index (χ1n) is 7.17. The number of nitrogens with one attached hydrogen (secondary N) is 2. The summed E-state index contributed by atoms with van der Waals surface area (Å²) in [4.78, 5) is 8.98. The maximum absolute atomic E-state index is 5.49. The van der Waals surface area contributed by atoms with E-state index in [1.165, 1.54) is 6.42 Å². The molecule has 2 heterocycles. The summed E-state index contributed by atoms with van der Waals surface area (Å²) < 4.78 is 5.49. The Morgan fingerprint density at radius 1 is 1.35 bits per heavy atom. The standard InChI is InChI=1S/C14H25N5O/c1-14(2,3)13-17-11(7-12(18-13)19-15)16-8-10-5-4-6-20-9-10/h7,10H,4-6,8-9,15H2,1-3H3,(H2,16,17,18,19). The van der Waals surface area contributed by atoms with E-state index >= 15 is 0 Å². The van der Waals surface area contributed by atoms with Crippen LogP contribution in [0.3, 0.4) is 0 Å². The SMILES string of the molecule is CC(C)(C)c1nc(NN)cc(NCC2CCCOC2)n1. The van der Waals surface area contributed by atoms with Gasteiger partial charge >= 0.3 is 0 Å². The van der Waals surface area contributed by atoms with E-state index in [1.54, 1.807) is 0 Å². The zero-order chi connectivity index (χ0) is 14.6. The van der Waals surface area contributed by atoms with Crippen LogP contribution in [-0.2, 0) is 10.2 Å². The molecular weight excluding hydrogens is 254 g/mol. The molecule has 4 N–H and O–H groups in total. The van der Waals surface area contributed by atoms with E-state index in [2.05, 4.69) is 41.5 Å². The maximum Gasteiger partial charge on any atom is 0.145 e. The Kier molecular flexibility index (Phi) is 4.77. The summed E-state index contributed by atoms with van der Waals surface area (Å²) in [6.45, 7) is 8.83. The number of nitrogens with zero attached hydrogens (tertiary/aromatic N) is 2. The average molecular weight is 279 g/mol. The molecule has 1 aliphatic heterocycles. The van der Waals surface area contributed by atoms with Crippen LogP contribution in [0.25, 0.3) is 0 Å². The molecule has 1 aliphatic rings. The Bertz CT molecular complexity index is 438. The van der Waals surface area contributed by atoms with Crippen LogP contribution in [0.2, 0.25) is 0 Å². The molecule has 1 saturated heterocycles. The second kappa shape index (κ2) is 6.37. The van der Waals surface area contributed by atoms with Gasteiger partial charge in [-0.15, -0.1) is 0 Å². The molecule has 0 saturated carbocycles. The fourth-order valence-corrected chi connectivity index (χ4v) is 2.16. The lowest BCUT2D eigenvalue weighted by Gasteiger charge is -2.23.